The van der Waals surface area contributed by atoms with Gasteiger partial charge < -0.3 is 45.1 Å². The third kappa shape index (κ3) is 47.0. The predicted molar refractivity (Wildman–Crippen MR) is 334 cm³/mol. The summed E-state index contributed by atoms with van der Waals surface area (Å²) in [6, 6.07) is -0.810. The molecule has 11 nitrogen and oxygen atoms in total. The molecule has 1 fully saturated rings. The summed E-state index contributed by atoms with van der Waals surface area (Å²) in [6.07, 6.45) is 65.3. The summed E-state index contributed by atoms with van der Waals surface area (Å²) >= 11 is 0. The molecule has 0 saturated carbocycles. The molecule has 1 rings (SSSR count). The number of nitrogens with one attached hydrogen (secondary N) is 1. The standard InChI is InChI=1S/C69H127NO10/c1-3-5-7-9-11-13-14-15-34-37-41-45-49-53-57-65(74)78-58-54-50-46-42-38-35-32-30-28-26-24-22-20-18-16-17-19-21-23-25-27-29-31-33-36-40-44-48-52-56-64(73)70-61(62(72)55-51-47-43-39-12-10-8-6-4-2)60-79-69-68(77)67(76)66(75)63(59-71)80-69/h14-16,18,22,24,51,55,61-63,66-69,71-72,75-77H,3-13,17,19-21,23,25-50,52-54,56-60H2,1-2H3,(H,70,73)/b15-14-,18-16-,24-22-,55-51+. The lowest BCUT2D eigenvalue weighted by Crippen LogP contribution is -2.60. The summed E-state index contributed by atoms with van der Waals surface area (Å²) in [7, 11) is 0. The van der Waals surface area contributed by atoms with E-state index in [-0.39, 0.29) is 18.5 Å². The molecule has 1 amide bonds. The van der Waals surface area contributed by atoms with Crippen LogP contribution in [-0.4, -0.2) is 100 Å². The Morgan fingerprint density at radius 2 is 0.838 bits per heavy atom. The van der Waals surface area contributed by atoms with Crippen molar-refractivity contribution in [2.75, 3.05) is 19.8 Å². The van der Waals surface area contributed by atoms with Crippen LogP contribution in [0.15, 0.2) is 48.6 Å². The van der Waals surface area contributed by atoms with Crippen LogP contribution in [-0.2, 0) is 23.8 Å². The Bertz CT molecular complexity index is 1470. The lowest BCUT2D eigenvalue weighted by Gasteiger charge is -2.40. The topological polar surface area (TPSA) is 175 Å². The number of aliphatic hydroxyl groups is 5. The van der Waals surface area contributed by atoms with Crippen LogP contribution in [0, 0.1) is 0 Å². The zero-order valence-electron chi connectivity index (χ0n) is 51.8. The molecule has 1 aliphatic rings. The van der Waals surface area contributed by atoms with Gasteiger partial charge in [-0.15, -0.1) is 0 Å². The number of ether oxygens (including phenoxy) is 3. The molecule has 0 aromatic carbocycles. The summed E-state index contributed by atoms with van der Waals surface area (Å²) in [4.78, 5) is 25.1. The van der Waals surface area contributed by atoms with Gasteiger partial charge in [-0.05, 0) is 89.9 Å². The second-order valence-electron chi connectivity index (χ2n) is 23.5. The molecule has 0 aliphatic carbocycles. The minimum Gasteiger partial charge on any atom is -0.466 e. The number of unbranched alkanes of at least 4 members (excludes halogenated alkanes) is 39. The number of hydrogen-bond acceptors (Lipinski definition) is 10. The van der Waals surface area contributed by atoms with E-state index in [0.29, 0.717) is 19.4 Å². The summed E-state index contributed by atoms with van der Waals surface area (Å²) in [6.45, 7) is 4.31. The van der Waals surface area contributed by atoms with Crippen molar-refractivity contribution in [3.63, 3.8) is 0 Å². The van der Waals surface area contributed by atoms with Gasteiger partial charge in [0.15, 0.2) is 6.29 Å². The zero-order valence-corrected chi connectivity index (χ0v) is 51.8. The van der Waals surface area contributed by atoms with Crippen molar-refractivity contribution in [1.29, 1.82) is 0 Å². The second-order valence-corrected chi connectivity index (χ2v) is 23.5. The molecular formula is C69H127NO10. The number of esters is 1. The van der Waals surface area contributed by atoms with Crippen LogP contribution < -0.4 is 5.32 Å². The third-order valence-corrected chi connectivity index (χ3v) is 15.9. The molecule has 468 valence electrons. The van der Waals surface area contributed by atoms with E-state index in [9.17, 15) is 35.1 Å². The SMILES string of the molecule is CCCCCCC/C=C\CCCCCCCC(=O)OCCCCCCCCCCC/C=C\C/C=C\CCCCCCCCCCCCCCCC(=O)NC(COC1OC(CO)C(O)C(O)C1O)C(O)/C=C/CCCCCCCCC. The van der Waals surface area contributed by atoms with Gasteiger partial charge in [0.05, 0.1) is 32.0 Å². The van der Waals surface area contributed by atoms with Crippen LogP contribution in [0.4, 0.5) is 0 Å². The number of aliphatic hydroxyl groups excluding tert-OH is 5. The van der Waals surface area contributed by atoms with Gasteiger partial charge in [-0.3, -0.25) is 9.59 Å². The quantitative estimate of drug-likeness (QED) is 0.0195. The van der Waals surface area contributed by atoms with E-state index in [2.05, 4.69) is 55.6 Å². The molecular weight excluding hydrogens is 1000 g/mol. The molecule has 1 saturated heterocycles. The van der Waals surface area contributed by atoms with Gasteiger partial charge in [-0.25, -0.2) is 0 Å². The van der Waals surface area contributed by atoms with E-state index in [1.807, 2.05) is 6.08 Å². The fourth-order valence-corrected chi connectivity index (χ4v) is 10.5. The van der Waals surface area contributed by atoms with Gasteiger partial charge in [0.2, 0.25) is 5.91 Å². The third-order valence-electron chi connectivity index (χ3n) is 15.9. The van der Waals surface area contributed by atoms with Crippen molar-refractivity contribution >= 4 is 11.9 Å². The van der Waals surface area contributed by atoms with Gasteiger partial charge in [-0.2, -0.15) is 0 Å². The maximum atomic E-state index is 13.0. The van der Waals surface area contributed by atoms with E-state index in [1.165, 1.54) is 225 Å². The molecule has 1 heterocycles. The number of carbonyl (C=O) groups excluding carboxylic acids is 2. The molecule has 0 radical (unpaired) electrons. The second kappa shape index (κ2) is 58.4. The molecule has 0 aromatic heterocycles. The summed E-state index contributed by atoms with van der Waals surface area (Å²) < 4.78 is 16.7. The highest BCUT2D eigenvalue weighted by Crippen LogP contribution is 2.23. The Balaban J connectivity index is 1.95. The number of allylic oxidation sites excluding steroid dienone is 7. The highest BCUT2D eigenvalue weighted by Gasteiger charge is 2.44. The summed E-state index contributed by atoms with van der Waals surface area (Å²) in [5, 5.41) is 54.3. The Morgan fingerprint density at radius 1 is 0.463 bits per heavy atom. The fourth-order valence-electron chi connectivity index (χ4n) is 10.5. The van der Waals surface area contributed by atoms with E-state index in [0.717, 1.165) is 64.2 Å². The van der Waals surface area contributed by atoms with Gasteiger partial charge in [0, 0.05) is 12.8 Å². The first-order valence-electron chi connectivity index (χ1n) is 33.9. The number of carbonyl (C=O) groups is 2. The Hall–Kier alpha value is -2.38. The molecule has 7 unspecified atom stereocenters. The molecule has 80 heavy (non-hydrogen) atoms. The molecule has 0 aromatic rings. The highest BCUT2D eigenvalue weighted by atomic mass is 16.7. The smallest absolute Gasteiger partial charge is 0.305 e. The minimum atomic E-state index is -1.57. The first-order valence-corrected chi connectivity index (χ1v) is 33.9. The van der Waals surface area contributed by atoms with Gasteiger partial charge >= 0.3 is 5.97 Å². The maximum absolute atomic E-state index is 13.0. The maximum Gasteiger partial charge on any atom is 0.305 e. The molecule has 6 N–H and O–H groups in total. The van der Waals surface area contributed by atoms with E-state index in [4.69, 9.17) is 14.2 Å². The van der Waals surface area contributed by atoms with Crippen molar-refractivity contribution in [3.05, 3.63) is 48.6 Å². The molecule has 7 atom stereocenters. The fraction of sp³-hybridized carbons (Fsp3) is 0.855. The first kappa shape index (κ1) is 75.6. The predicted octanol–water partition coefficient (Wildman–Crippen LogP) is 16.8. The molecule has 1 aliphatic heterocycles. The average molecular weight is 1130 g/mol. The first-order chi connectivity index (χ1) is 39.2. The number of hydrogen-bond donors (Lipinski definition) is 6. The minimum absolute atomic E-state index is 0.00546. The lowest BCUT2D eigenvalue weighted by molar-refractivity contribution is -0.302. The van der Waals surface area contributed by atoms with Gasteiger partial charge in [-0.1, -0.05) is 262 Å². The van der Waals surface area contributed by atoms with Gasteiger partial charge in [0.25, 0.3) is 0 Å². The lowest BCUT2D eigenvalue weighted by atomic mass is 9.99. The van der Waals surface area contributed by atoms with E-state index in [1.54, 1.807) is 6.08 Å². The average Bonchev–Trinajstić information content (AvgIpc) is 3.49. The van der Waals surface area contributed by atoms with Gasteiger partial charge in [0.1, 0.15) is 24.4 Å². The largest absolute Gasteiger partial charge is 0.466 e. The van der Waals surface area contributed by atoms with Crippen molar-refractivity contribution in [1.82, 2.24) is 5.32 Å². The molecule has 0 bridgehead atoms. The summed E-state index contributed by atoms with van der Waals surface area (Å²) in [5.41, 5.74) is 0. The molecule has 11 heteroatoms. The van der Waals surface area contributed by atoms with E-state index >= 15 is 0 Å². The van der Waals surface area contributed by atoms with E-state index < -0.39 is 49.5 Å². The van der Waals surface area contributed by atoms with Crippen molar-refractivity contribution in [2.45, 2.75) is 358 Å². The summed E-state index contributed by atoms with van der Waals surface area (Å²) in [5.74, 6) is -0.190. The normalized spacial score (nSPS) is 18.6. The molecule has 0 spiro atoms. The van der Waals surface area contributed by atoms with Crippen molar-refractivity contribution in [2.24, 2.45) is 0 Å². The monoisotopic (exact) mass is 1130 g/mol. The van der Waals surface area contributed by atoms with Crippen molar-refractivity contribution in [3.8, 4) is 0 Å². The highest BCUT2D eigenvalue weighted by molar-refractivity contribution is 5.76. The van der Waals surface area contributed by atoms with Crippen LogP contribution in [0.25, 0.3) is 0 Å². The Kier molecular flexibility index (Phi) is 55.2. The Labute approximate surface area is 491 Å². The number of rotatable bonds is 59. The number of amides is 1. The Morgan fingerprint density at radius 3 is 1.27 bits per heavy atom. The van der Waals surface area contributed by atoms with Crippen LogP contribution >= 0.6 is 0 Å². The van der Waals surface area contributed by atoms with Crippen LogP contribution in [0.2, 0.25) is 0 Å². The van der Waals surface area contributed by atoms with Crippen molar-refractivity contribution < 1.29 is 49.3 Å². The zero-order chi connectivity index (χ0) is 58.0. The van der Waals surface area contributed by atoms with Crippen LogP contribution in [0.5, 0.6) is 0 Å². The van der Waals surface area contributed by atoms with Crippen LogP contribution in [0.1, 0.15) is 316 Å². The van der Waals surface area contributed by atoms with Crippen LogP contribution in [0.3, 0.4) is 0 Å².